The largest absolute Gasteiger partial charge is 0.483 e. The van der Waals surface area contributed by atoms with Crippen LogP contribution < -0.4 is 15.4 Å². The van der Waals surface area contributed by atoms with Gasteiger partial charge in [-0.1, -0.05) is 42.0 Å². The van der Waals surface area contributed by atoms with Crippen LogP contribution in [0.1, 0.15) is 11.1 Å². The van der Waals surface area contributed by atoms with Crippen molar-refractivity contribution in [2.24, 2.45) is 4.99 Å². The van der Waals surface area contributed by atoms with Gasteiger partial charge >= 0.3 is 0 Å². The molecule has 1 fully saturated rings. The summed E-state index contributed by atoms with van der Waals surface area (Å²) in [4.78, 5) is 29.5. The highest BCUT2D eigenvalue weighted by Gasteiger charge is 2.23. The number of para-hydroxylation sites is 1. The van der Waals surface area contributed by atoms with Gasteiger partial charge in [-0.25, -0.2) is 4.99 Å². The van der Waals surface area contributed by atoms with E-state index in [1.807, 2.05) is 73.7 Å². The van der Waals surface area contributed by atoms with Crippen LogP contribution in [0.3, 0.4) is 0 Å². The van der Waals surface area contributed by atoms with Gasteiger partial charge in [0.2, 0.25) is 0 Å². The summed E-state index contributed by atoms with van der Waals surface area (Å²) in [5.74, 6) is 0.0871. The van der Waals surface area contributed by atoms with Crippen LogP contribution in [0.15, 0.2) is 87.2 Å². The van der Waals surface area contributed by atoms with Crippen molar-refractivity contribution in [3.8, 4) is 5.75 Å². The van der Waals surface area contributed by atoms with Gasteiger partial charge in [0, 0.05) is 5.69 Å². The van der Waals surface area contributed by atoms with E-state index in [1.165, 1.54) is 11.8 Å². The second-order valence-corrected chi connectivity index (χ2v) is 9.10. The number of carbonyl (C=O) groups excluding carboxylic acids is 2. The Bertz CT molecular complexity index is 1240. The molecule has 3 aromatic rings. The number of benzene rings is 3. The van der Waals surface area contributed by atoms with E-state index >= 15 is 0 Å². The number of halogens is 1. The van der Waals surface area contributed by atoms with Crippen molar-refractivity contribution >= 4 is 62.1 Å². The molecule has 2 amide bonds. The molecule has 33 heavy (non-hydrogen) atoms. The zero-order valence-corrected chi connectivity index (χ0v) is 20.1. The van der Waals surface area contributed by atoms with Crippen molar-refractivity contribution in [3.05, 3.63) is 93.3 Å². The van der Waals surface area contributed by atoms with E-state index in [1.54, 1.807) is 12.1 Å². The molecule has 0 unspecified atom stereocenters. The molecule has 6 nitrogen and oxygen atoms in total. The monoisotopic (exact) mass is 521 g/mol. The molecular weight excluding hydrogens is 502 g/mol. The lowest BCUT2D eigenvalue weighted by atomic mass is 10.2. The van der Waals surface area contributed by atoms with Gasteiger partial charge in [-0.05, 0) is 82.7 Å². The van der Waals surface area contributed by atoms with Crippen molar-refractivity contribution < 1.29 is 14.3 Å². The normalized spacial score (nSPS) is 15.5. The molecule has 0 saturated carbocycles. The molecule has 2 N–H and O–H groups in total. The van der Waals surface area contributed by atoms with E-state index < -0.39 is 0 Å². The fourth-order valence-corrected chi connectivity index (χ4v) is 4.31. The third-order valence-corrected chi connectivity index (χ3v) is 6.12. The molecule has 0 spiro atoms. The summed E-state index contributed by atoms with van der Waals surface area (Å²) in [5, 5.41) is 6.10. The molecular formula is C25H20BrN3O3S. The average molecular weight is 522 g/mol. The van der Waals surface area contributed by atoms with Gasteiger partial charge in [-0.15, -0.1) is 0 Å². The minimum Gasteiger partial charge on any atom is -0.483 e. The third-order valence-electron chi connectivity index (χ3n) is 4.59. The van der Waals surface area contributed by atoms with Crippen LogP contribution in [0.4, 0.5) is 11.4 Å². The molecule has 3 aromatic carbocycles. The van der Waals surface area contributed by atoms with Crippen molar-refractivity contribution in [2.75, 3.05) is 11.9 Å². The fourth-order valence-electron chi connectivity index (χ4n) is 2.95. The summed E-state index contributed by atoms with van der Waals surface area (Å²) < 4.78 is 6.31. The number of nitrogens with zero attached hydrogens (tertiary/aromatic N) is 1. The lowest BCUT2D eigenvalue weighted by Gasteiger charge is -2.09. The van der Waals surface area contributed by atoms with E-state index in [0.717, 1.165) is 16.8 Å². The van der Waals surface area contributed by atoms with E-state index in [9.17, 15) is 9.59 Å². The number of amidine groups is 1. The van der Waals surface area contributed by atoms with Crippen LogP contribution in [0.5, 0.6) is 5.75 Å². The summed E-state index contributed by atoms with van der Waals surface area (Å²) in [6.45, 7) is 1.89. The molecule has 1 saturated heterocycles. The molecule has 166 valence electrons. The number of ether oxygens (including phenoxy) is 1. The number of amides is 2. The Labute approximate surface area is 204 Å². The highest BCUT2D eigenvalue weighted by atomic mass is 79.9. The quantitative estimate of drug-likeness (QED) is 0.409. The van der Waals surface area contributed by atoms with Crippen LogP contribution >= 0.6 is 27.7 Å². The molecule has 1 aliphatic heterocycles. The maximum Gasteiger partial charge on any atom is 0.264 e. The van der Waals surface area contributed by atoms with Gasteiger partial charge in [0.25, 0.3) is 11.8 Å². The van der Waals surface area contributed by atoms with Crippen molar-refractivity contribution in [1.82, 2.24) is 5.32 Å². The third kappa shape index (κ3) is 6.34. The van der Waals surface area contributed by atoms with Gasteiger partial charge in [-0.2, -0.15) is 0 Å². The number of anilines is 1. The zero-order valence-electron chi connectivity index (χ0n) is 17.7. The summed E-state index contributed by atoms with van der Waals surface area (Å²) in [5.41, 5.74) is 3.46. The summed E-state index contributed by atoms with van der Waals surface area (Å²) in [6.07, 6.45) is 1.79. The first-order chi connectivity index (χ1) is 16.0. The van der Waals surface area contributed by atoms with Gasteiger partial charge in [0.15, 0.2) is 11.8 Å². The molecule has 1 heterocycles. The number of rotatable bonds is 6. The van der Waals surface area contributed by atoms with Gasteiger partial charge in [0.05, 0.1) is 15.1 Å². The Morgan fingerprint density at radius 2 is 1.88 bits per heavy atom. The Hall–Kier alpha value is -3.36. The summed E-state index contributed by atoms with van der Waals surface area (Å²) in [6, 6.07) is 22.4. The van der Waals surface area contributed by atoms with Crippen molar-refractivity contribution in [2.45, 2.75) is 6.92 Å². The van der Waals surface area contributed by atoms with Crippen LogP contribution in [-0.2, 0) is 9.59 Å². The number of hydrogen-bond donors (Lipinski definition) is 2. The van der Waals surface area contributed by atoms with Crippen molar-refractivity contribution in [3.63, 3.8) is 0 Å². The molecule has 0 aliphatic carbocycles. The fraction of sp³-hybridized carbons (Fsp3) is 0.0800. The number of nitrogens with one attached hydrogen (secondary N) is 2. The van der Waals surface area contributed by atoms with Crippen LogP contribution in [0.25, 0.3) is 6.08 Å². The molecule has 0 atom stereocenters. The Morgan fingerprint density at radius 1 is 1.12 bits per heavy atom. The van der Waals surface area contributed by atoms with Crippen LogP contribution in [0, 0.1) is 6.92 Å². The van der Waals surface area contributed by atoms with E-state index in [-0.39, 0.29) is 18.4 Å². The van der Waals surface area contributed by atoms with Gasteiger partial charge in [-0.3, -0.25) is 9.59 Å². The Balaban J connectivity index is 1.38. The van der Waals surface area contributed by atoms with E-state index in [2.05, 4.69) is 31.6 Å². The first-order valence-electron chi connectivity index (χ1n) is 10.1. The highest BCUT2D eigenvalue weighted by Crippen LogP contribution is 2.31. The number of thioether (sulfide) groups is 1. The van der Waals surface area contributed by atoms with Crippen LogP contribution in [-0.4, -0.2) is 23.6 Å². The van der Waals surface area contributed by atoms with Crippen molar-refractivity contribution in [1.29, 1.82) is 0 Å². The first kappa shape index (κ1) is 22.8. The Morgan fingerprint density at radius 3 is 2.61 bits per heavy atom. The molecule has 1 aliphatic rings. The molecule has 0 radical (unpaired) electrons. The lowest BCUT2D eigenvalue weighted by molar-refractivity contribution is -0.118. The first-order valence-corrected chi connectivity index (χ1v) is 11.7. The zero-order chi connectivity index (χ0) is 23.2. The minimum absolute atomic E-state index is 0.120. The molecule has 4 rings (SSSR count). The maximum absolute atomic E-state index is 12.4. The van der Waals surface area contributed by atoms with Gasteiger partial charge < -0.3 is 15.4 Å². The number of carbonyl (C=O) groups is 2. The number of aryl methyl sites for hydroxylation is 1. The Kier molecular flexibility index (Phi) is 7.26. The molecule has 0 aromatic heterocycles. The highest BCUT2D eigenvalue weighted by molar-refractivity contribution is 9.10. The molecule has 0 bridgehead atoms. The lowest BCUT2D eigenvalue weighted by Crippen LogP contribution is -2.20. The minimum atomic E-state index is -0.251. The second-order valence-electron chi connectivity index (χ2n) is 7.21. The summed E-state index contributed by atoms with van der Waals surface area (Å²) in [7, 11) is 0. The number of aliphatic imine (C=N–C) groups is 1. The predicted octanol–water partition coefficient (Wildman–Crippen LogP) is 5.67. The van der Waals surface area contributed by atoms with Gasteiger partial charge in [0.1, 0.15) is 5.75 Å². The predicted molar refractivity (Wildman–Crippen MR) is 137 cm³/mol. The second kappa shape index (κ2) is 10.5. The average Bonchev–Trinajstić information content (AvgIpc) is 3.14. The number of hydrogen-bond acceptors (Lipinski definition) is 5. The smallest absolute Gasteiger partial charge is 0.264 e. The topological polar surface area (TPSA) is 79.8 Å². The van der Waals surface area contributed by atoms with Crippen LogP contribution in [0.2, 0.25) is 0 Å². The standard InChI is InChI=1S/C25H20BrN3O3S/c1-16-7-10-19(11-8-16)28-25-29-24(31)22(33-25)14-17-9-12-21(20(26)13-17)32-15-23(30)27-18-5-3-2-4-6-18/h2-14H,15H2,1H3,(H,27,30)(H,28,29,31)/b22-14-. The van der Waals surface area contributed by atoms with E-state index in [4.69, 9.17) is 4.74 Å². The maximum atomic E-state index is 12.4. The van der Waals surface area contributed by atoms with E-state index in [0.29, 0.717) is 26.0 Å². The summed E-state index contributed by atoms with van der Waals surface area (Å²) >= 11 is 4.76. The molecule has 8 heteroatoms. The SMILES string of the molecule is Cc1ccc(N=C2NC(=O)/C(=C/c3ccc(OCC(=O)Nc4ccccc4)c(Br)c3)S2)cc1.